The highest BCUT2D eigenvalue weighted by Gasteiger charge is 2.44. The Hall–Kier alpha value is -13.2. The molecule has 12 heterocycles. The molecule has 6 aromatic carbocycles. The minimum atomic E-state index is -4.45. The number of alkyl halides is 6. The van der Waals surface area contributed by atoms with Gasteiger partial charge < -0.3 is 50.4 Å². The number of aryl methyl sites for hydroxylation is 7. The molecular weight excluding hydrogens is 1660 g/mol. The van der Waals surface area contributed by atoms with Crippen LogP contribution in [0.4, 0.5) is 32.0 Å². The minimum Gasteiger partial charge on any atom is -0.376 e. The minimum absolute atomic E-state index is 0.0188. The Bertz CT molecular complexity index is 6930. The first-order valence-corrected chi connectivity index (χ1v) is 42.9. The number of hydrogen-bond donors (Lipinski definition) is 9. The van der Waals surface area contributed by atoms with Crippen molar-refractivity contribution in [2.75, 3.05) is 33.1 Å². The van der Waals surface area contributed by atoms with Gasteiger partial charge in [-0.25, -0.2) is 29.9 Å². The number of halogens is 7. The normalized spacial score (nSPS) is 12.5. The molecule has 660 valence electrons. The summed E-state index contributed by atoms with van der Waals surface area (Å²) in [6.07, 6.45) is 12.4. The molecule has 0 spiro atoms. The second-order valence-electron chi connectivity index (χ2n) is 32.4. The van der Waals surface area contributed by atoms with Crippen LogP contribution in [0.5, 0.6) is 0 Å². The van der Waals surface area contributed by atoms with Gasteiger partial charge in [0.1, 0.15) is 5.92 Å². The van der Waals surface area contributed by atoms with E-state index in [1.807, 2.05) is 104 Å². The van der Waals surface area contributed by atoms with E-state index in [9.17, 15) is 26.3 Å². The number of nitrogens with one attached hydrogen (secondary N) is 9. The van der Waals surface area contributed by atoms with Crippen LogP contribution in [-0.4, -0.2) is 124 Å². The Balaban J connectivity index is 0.000000132. The summed E-state index contributed by atoms with van der Waals surface area (Å²) in [5.41, 5.74) is 26.1. The predicted molar refractivity (Wildman–Crippen MR) is 503 cm³/mol. The maximum absolute atomic E-state index is 13.7. The van der Waals surface area contributed by atoms with E-state index in [1.54, 1.807) is 69.9 Å². The van der Waals surface area contributed by atoms with Crippen LogP contribution in [0.1, 0.15) is 194 Å². The van der Waals surface area contributed by atoms with Crippen LogP contribution in [-0.2, 0) is 32.1 Å². The van der Waals surface area contributed by atoms with E-state index in [1.165, 1.54) is 67.4 Å². The van der Waals surface area contributed by atoms with Crippen LogP contribution < -0.4 is 15.5 Å². The van der Waals surface area contributed by atoms with E-state index >= 15 is 0 Å². The van der Waals surface area contributed by atoms with Crippen molar-refractivity contribution >= 4 is 94.8 Å². The number of aromatic nitrogens is 18. The lowest BCUT2D eigenvalue weighted by Crippen LogP contribution is -2.23. The van der Waals surface area contributed by atoms with Crippen LogP contribution >= 0.6 is 23.8 Å². The summed E-state index contributed by atoms with van der Waals surface area (Å²) in [7, 11) is 7.85. The smallest absolute Gasteiger partial charge is 0.376 e. The number of anilines is 1. The fraction of sp³-hybridized carbons (Fsp3) is 0.273. The van der Waals surface area contributed by atoms with Crippen molar-refractivity contribution in [2.24, 2.45) is 0 Å². The number of H-pyrrole nitrogens is 7. The summed E-state index contributed by atoms with van der Waals surface area (Å²) in [5, 5.41) is 13.7. The first-order valence-electron chi connectivity index (χ1n) is 42.1. The van der Waals surface area contributed by atoms with Crippen molar-refractivity contribution in [3.05, 3.63) is 348 Å². The number of aromatic amines is 7. The zero-order chi connectivity index (χ0) is 91.4. The lowest BCUT2D eigenvalue weighted by atomic mass is 9.90. The molecule has 29 heteroatoms. The van der Waals surface area contributed by atoms with Crippen LogP contribution in [0.2, 0.25) is 5.02 Å². The number of pyridine rings is 6. The van der Waals surface area contributed by atoms with E-state index in [0.29, 0.717) is 45.0 Å². The number of rotatable bonds is 18. The summed E-state index contributed by atoms with van der Waals surface area (Å²) in [6.45, 7) is 26.0. The fourth-order valence-corrected chi connectivity index (χ4v) is 16.8. The SMILES string of the molecule is CNCc1ccc2nccc(C(C)c3nc[nH]c3C)c2c1.CNCc1cccc2ncc(C(c3nc[nH]c3C)C(F)(F)F)cc12.Cc1[nH]cnc1Cc1cccc2[nH]ccc(=S)c12.Cc1[nH]cnc1Cc1cccc2c(C)nccc12.Cc1[nH]cnc1[C@@H](C)c1cc(C(C)C)c2ncc(N(C)C)cc2c1.Cc1[nH]cnc1[C@H](C)c1ccc2cc(C(F)(F)F)cnc2c1Cl. The summed E-state index contributed by atoms with van der Waals surface area (Å²) >= 11 is 11.8. The third-order valence-corrected chi connectivity index (χ3v) is 23.9. The largest absolute Gasteiger partial charge is 0.417 e. The maximum Gasteiger partial charge on any atom is 0.417 e. The molecule has 18 rings (SSSR count). The average molecular weight is 1770 g/mol. The van der Waals surface area contributed by atoms with Gasteiger partial charge in [-0.1, -0.05) is 125 Å². The molecule has 0 aliphatic carbocycles. The molecule has 12 aromatic heterocycles. The van der Waals surface area contributed by atoms with Crippen molar-refractivity contribution < 1.29 is 26.3 Å². The molecule has 0 radical (unpaired) electrons. The van der Waals surface area contributed by atoms with Crippen LogP contribution in [0.3, 0.4) is 0 Å². The predicted octanol–water partition coefficient (Wildman–Crippen LogP) is 23.2. The third kappa shape index (κ3) is 21.2. The van der Waals surface area contributed by atoms with Crippen molar-refractivity contribution in [1.29, 1.82) is 0 Å². The van der Waals surface area contributed by atoms with Gasteiger partial charge in [0.25, 0.3) is 0 Å². The quantitative estimate of drug-likeness (QED) is 0.0285. The molecule has 0 bridgehead atoms. The molecule has 0 fully saturated rings. The Kier molecular flexibility index (Phi) is 29.4. The lowest BCUT2D eigenvalue weighted by Gasteiger charge is -2.20. The Labute approximate surface area is 748 Å². The molecule has 0 aliphatic rings. The van der Waals surface area contributed by atoms with Crippen molar-refractivity contribution in [3.8, 4) is 0 Å². The second-order valence-corrected chi connectivity index (χ2v) is 33.3. The topological polar surface area (TPSA) is 280 Å². The first-order chi connectivity index (χ1) is 61.3. The second kappa shape index (κ2) is 40.7. The molecule has 2 unspecified atom stereocenters. The van der Waals surface area contributed by atoms with Gasteiger partial charge in [0.2, 0.25) is 0 Å². The highest BCUT2D eigenvalue weighted by atomic mass is 35.5. The standard InChI is InChI=1S/C20H26N4.C17H17F3N4.C17H20N4.C16H13ClF3N3.C15H15N3.C14H13N3S/c1-12(2)18-9-15(13(3)19-14(4)22-11-23-19)7-16-8-17(24(5)6)10-21-20(16)18;1-10-16(24-9-23-10)15(17(18,19)20)12-6-13-11(7-21-2)4-3-5-14(13)22-8-12;1-11(17-12(2)20-10-21-17)14-6-7-19-16-5-4-13(9-18-3)8-15(14)16;1-8(14-9(2)22-7-23-14)12-4-3-10-5-11(16(18,19)20)6-21-15(10)13(12)17;1-10-13-5-3-4-12(14(13)6-7-16-10)8-15-11(2)17-9-18-15;1-9-12(17-8-16-9)7-10-3-2-4-11-14(10)13(18)5-6-15-11/h7-13H,1-6H3,(H,22,23);3-6,8-9,15,21H,7H2,1-2H3,(H,23,24);4-8,10-11,18H,9H2,1-3H3,(H,20,21);3-8H,1-2H3,(H,22,23);3-7,9H,8H2,1-2H3,(H,17,18);2-6,8H,7H2,1H3,(H,15,18)(H,16,17)/t13-;;;8-;;/m0..1../s1. The summed E-state index contributed by atoms with van der Waals surface area (Å²) in [5.74, 6) is -0.976. The first kappa shape index (κ1) is 92.5. The van der Waals surface area contributed by atoms with Gasteiger partial charge in [-0.2, -0.15) is 26.3 Å². The van der Waals surface area contributed by atoms with Crippen LogP contribution in [0, 0.1) is 53.0 Å². The van der Waals surface area contributed by atoms with Gasteiger partial charge in [0.15, 0.2) is 0 Å². The summed E-state index contributed by atoms with van der Waals surface area (Å²) in [4.78, 5) is 71.2. The van der Waals surface area contributed by atoms with Gasteiger partial charge in [0.05, 0.1) is 117 Å². The molecule has 0 amide bonds. The number of imidazole rings is 6. The average Bonchev–Trinajstić information content (AvgIpc) is 0.801. The molecule has 0 saturated heterocycles. The molecule has 18 aromatic rings. The van der Waals surface area contributed by atoms with Gasteiger partial charge in [-0.3, -0.25) is 24.9 Å². The number of nitrogens with zero attached hydrogens (tertiary/aromatic N) is 12. The third-order valence-electron chi connectivity index (χ3n) is 23.2. The number of benzene rings is 6. The Morgan fingerprint density at radius 2 is 1.01 bits per heavy atom. The van der Waals surface area contributed by atoms with E-state index < -0.39 is 23.8 Å². The molecule has 21 nitrogen and oxygen atoms in total. The van der Waals surface area contributed by atoms with Crippen molar-refractivity contribution in [3.63, 3.8) is 0 Å². The zero-order valence-corrected chi connectivity index (χ0v) is 75.8. The van der Waals surface area contributed by atoms with E-state index in [2.05, 4.69) is 222 Å². The zero-order valence-electron chi connectivity index (χ0n) is 74.3. The van der Waals surface area contributed by atoms with Crippen LogP contribution in [0.25, 0.3) is 65.3 Å². The number of hydrogen-bond acceptors (Lipinski definition) is 15. The van der Waals surface area contributed by atoms with E-state index in [0.717, 1.165) is 138 Å². The van der Waals surface area contributed by atoms with Gasteiger partial charge in [-0.05, 0) is 191 Å². The summed E-state index contributed by atoms with van der Waals surface area (Å²) < 4.78 is 80.3. The monoisotopic (exact) mass is 1770 g/mol. The number of fused-ring (bicyclic) bond motifs is 6. The van der Waals surface area contributed by atoms with Crippen LogP contribution in [0.15, 0.2) is 209 Å². The maximum atomic E-state index is 13.7. The Morgan fingerprint density at radius 1 is 0.438 bits per heavy atom. The molecule has 0 saturated carbocycles. The van der Waals surface area contributed by atoms with Gasteiger partial charge >= 0.3 is 12.4 Å². The van der Waals surface area contributed by atoms with Gasteiger partial charge in [-0.15, -0.1) is 0 Å². The molecular formula is C99H104ClF6N21S. The molecule has 9 N–H and O–H groups in total. The Morgan fingerprint density at radius 3 is 1.61 bits per heavy atom. The fourth-order valence-electron chi connectivity index (χ4n) is 16.1. The summed E-state index contributed by atoms with van der Waals surface area (Å²) in [6, 6.07) is 43.4. The van der Waals surface area contributed by atoms with E-state index in [4.69, 9.17) is 28.8 Å². The molecule has 0 aliphatic heterocycles. The molecule has 4 atom stereocenters. The van der Waals surface area contributed by atoms with E-state index in [-0.39, 0.29) is 29.0 Å². The highest BCUT2D eigenvalue weighted by Crippen LogP contribution is 2.43. The lowest BCUT2D eigenvalue weighted by molar-refractivity contribution is -0.142. The highest BCUT2D eigenvalue weighted by molar-refractivity contribution is 7.71. The van der Waals surface area contributed by atoms with Crippen molar-refractivity contribution in [1.82, 2.24) is 100 Å². The molecule has 128 heavy (non-hydrogen) atoms. The van der Waals surface area contributed by atoms with Gasteiger partial charge in [0, 0.05) is 171 Å². The van der Waals surface area contributed by atoms with Crippen molar-refractivity contribution in [2.45, 2.75) is 151 Å².